The third kappa shape index (κ3) is 6.64. The predicted molar refractivity (Wildman–Crippen MR) is 141 cm³/mol. The Labute approximate surface area is 220 Å². The average molecular weight is 516 g/mol. The van der Waals surface area contributed by atoms with E-state index < -0.39 is 11.9 Å². The normalized spacial score (nSPS) is 11.8. The van der Waals surface area contributed by atoms with Gasteiger partial charge in [0.05, 0.1) is 0 Å². The highest BCUT2D eigenvalue weighted by Gasteiger charge is 2.33. The number of carbonyl (C=O) groups is 2. The molecule has 38 heavy (non-hydrogen) atoms. The van der Waals surface area contributed by atoms with Gasteiger partial charge >= 0.3 is 0 Å². The number of nitrogens with zero attached hydrogens (tertiary/aromatic N) is 6. The minimum absolute atomic E-state index is 0.261. The van der Waals surface area contributed by atoms with Gasteiger partial charge in [0.25, 0.3) is 5.91 Å². The number of benzene rings is 2. The molecule has 0 aliphatic heterocycles. The number of pyridine rings is 1. The Kier molecular flexibility index (Phi) is 8.52. The summed E-state index contributed by atoms with van der Waals surface area (Å²) in [6.45, 7) is 6.31. The van der Waals surface area contributed by atoms with E-state index in [2.05, 4.69) is 39.6 Å². The molecule has 10 heteroatoms. The number of tetrazole rings is 1. The molecule has 1 atom stereocenters. The molecule has 0 saturated heterocycles. The molecule has 1 N–H and O–H groups in total. The Hall–Kier alpha value is -4.47. The van der Waals surface area contributed by atoms with Gasteiger partial charge in [-0.05, 0) is 84.1 Å². The highest BCUT2D eigenvalue weighted by molar-refractivity contribution is 6.01. The first-order valence-corrected chi connectivity index (χ1v) is 12.4. The second-order valence-electron chi connectivity index (χ2n) is 9.41. The Morgan fingerprint density at radius 2 is 1.79 bits per heavy atom. The van der Waals surface area contributed by atoms with Gasteiger partial charge in [-0.15, -0.1) is 10.2 Å². The molecular weight excluding hydrogens is 485 g/mol. The zero-order chi connectivity index (χ0) is 27.1. The average Bonchev–Trinajstić information content (AvgIpc) is 3.36. The number of aryl methyl sites for hydroxylation is 1. The summed E-state index contributed by atoms with van der Waals surface area (Å²) in [5.41, 5.74) is 2.69. The summed E-state index contributed by atoms with van der Waals surface area (Å²) >= 11 is 0. The lowest BCUT2D eigenvalue weighted by molar-refractivity contribution is -0.127. The first kappa shape index (κ1) is 26.6. The molecular formula is C28H30FN7O2. The van der Waals surface area contributed by atoms with Gasteiger partial charge in [-0.3, -0.25) is 19.5 Å². The number of aromatic nitrogens is 5. The van der Waals surface area contributed by atoms with Crippen LogP contribution in [0.25, 0.3) is 11.4 Å². The van der Waals surface area contributed by atoms with Crippen LogP contribution < -0.4 is 10.2 Å². The number of anilines is 1. The third-order valence-electron chi connectivity index (χ3n) is 5.93. The van der Waals surface area contributed by atoms with E-state index in [0.717, 1.165) is 12.0 Å². The summed E-state index contributed by atoms with van der Waals surface area (Å²) in [5.74, 6) is -0.404. The van der Waals surface area contributed by atoms with E-state index in [-0.39, 0.29) is 24.1 Å². The quantitative estimate of drug-likeness (QED) is 0.341. The summed E-state index contributed by atoms with van der Waals surface area (Å²) in [6, 6.07) is 15.6. The molecule has 2 aromatic heterocycles. The Balaban J connectivity index is 1.68. The van der Waals surface area contributed by atoms with Gasteiger partial charge in [0, 0.05) is 30.2 Å². The maximum absolute atomic E-state index is 13.9. The van der Waals surface area contributed by atoms with E-state index in [4.69, 9.17) is 0 Å². The summed E-state index contributed by atoms with van der Waals surface area (Å²) in [6.07, 6.45) is 4.00. The van der Waals surface area contributed by atoms with Gasteiger partial charge in [-0.1, -0.05) is 26.0 Å². The van der Waals surface area contributed by atoms with Crippen LogP contribution in [0, 0.1) is 18.7 Å². The van der Waals surface area contributed by atoms with Gasteiger partial charge < -0.3 is 5.32 Å². The maximum atomic E-state index is 13.9. The van der Waals surface area contributed by atoms with Crippen LogP contribution in [0.15, 0.2) is 73.1 Å². The number of carbonyl (C=O) groups excluding carboxylic acids is 2. The second kappa shape index (κ2) is 12.2. The van der Waals surface area contributed by atoms with Crippen LogP contribution in [0.2, 0.25) is 0 Å². The molecule has 0 aliphatic carbocycles. The van der Waals surface area contributed by atoms with Crippen molar-refractivity contribution in [2.75, 3.05) is 11.4 Å². The first-order chi connectivity index (χ1) is 18.3. The lowest BCUT2D eigenvalue weighted by atomic mass is 10.0. The van der Waals surface area contributed by atoms with Gasteiger partial charge in [-0.2, -0.15) is 4.80 Å². The van der Waals surface area contributed by atoms with Gasteiger partial charge in [0.15, 0.2) is 0 Å². The monoisotopic (exact) mass is 515 g/mol. The van der Waals surface area contributed by atoms with Crippen molar-refractivity contribution in [2.24, 2.45) is 5.92 Å². The molecule has 0 aliphatic rings. The Morgan fingerprint density at radius 1 is 1.05 bits per heavy atom. The topological polar surface area (TPSA) is 106 Å². The Bertz CT molecular complexity index is 1370. The van der Waals surface area contributed by atoms with Crippen LogP contribution in [-0.2, 0) is 16.1 Å². The fourth-order valence-electron chi connectivity index (χ4n) is 3.98. The van der Waals surface area contributed by atoms with Gasteiger partial charge in [-0.25, -0.2) is 4.39 Å². The molecule has 196 valence electrons. The number of hydrogen-bond acceptors (Lipinski definition) is 6. The van der Waals surface area contributed by atoms with Crippen molar-refractivity contribution in [1.82, 2.24) is 30.5 Å². The summed E-state index contributed by atoms with van der Waals surface area (Å²) in [4.78, 5) is 34.2. The van der Waals surface area contributed by atoms with E-state index in [9.17, 15) is 14.0 Å². The molecule has 9 nitrogen and oxygen atoms in total. The smallest absolute Gasteiger partial charge is 0.251 e. The van der Waals surface area contributed by atoms with Crippen molar-refractivity contribution in [3.63, 3.8) is 0 Å². The van der Waals surface area contributed by atoms with Gasteiger partial charge in [0.2, 0.25) is 11.7 Å². The molecule has 2 aromatic carbocycles. The molecule has 2 amide bonds. The molecule has 4 aromatic rings. The van der Waals surface area contributed by atoms with Crippen LogP contribution in [0.3, 0.4) is 0 Å². The predicted octanol–water partition coefficient (Wildman–Crippen LogP) is 4.12. The van der Waals surface area contributed by atoms with Crippen LogP contribution >= 0.6 is 0 Å². The van der Waals surface area contributed by atoms with Crippen molar-refractivity contribution in [2.45, 2.75) is 39.8 Å². The minimum Gasteiger partial charge on any atom is -0.354 e. The third-order valence-corrected chi connectivity index (χ3v) is 5.93. The van der Waals surface area contributed by atoms with Crippen molar-refractivity contribution in [3.8, 4) is 11.4 Å². The van der Waals surface area contributed by atoms with Crippen LogP contribution in [0.1, 0.15) is 37.4 Å². The van der Waals surface area contributed by atoms with Crippen LogP contribution in [-0.4, -0.2) is 43.6 Å². The van der Waals surface area contributed by atoms with Crippen molar-refractivity contribution in [1.29, 1.82) is 0 Å². The number of amides is 2. The van der Waals surface area contributed by atoms with E-state index in [1.54, 1.807) is 42.7 Å². The fraction of sp³-hybridized carbons (Fsp3) is 0.286. The molecule has 2 heterocycles. The van der Waals surface area contributed by atoms with E-state index in [1.165, 1.54) is 21.8 Å². The summed E-state index contributed by atoms with van der Waals surface area (Å²) in [7, 11) is 0. The number of nitrogens with one attached hydrogen (secondary N) is 1. The fourth-order valence-corrected chi connectivity index (χ4v) is 3.98. The molecule has 4 rings (SSSR count). The van der Waals surface area contributed by atoms with E-state index >= 15 is 0 Å². The first-order valence-electron chi connectivity index (χ1n) is 12.4. The SMILES string of the molecule is Cc1cccc(N(C(=O)Cn2nnc(-c3ccc(F)cc3)n2)[C@H](C(=O)NCCC(C)C)c2ccncc2)c1. The summed E-state index contributed by atoms with van der Waals surface area (Å²) < 4.78 is 13.3. The van der Waals surface area contributed by atoms with Crippen LogP contribution in [0.4, 0.5) is 10.1 Å². The summed E-state index contributed by atoms with van der Waals surface area (Å²) in [5, 5.41) is 15.3. The molecule has 0 spiro atoms. The number of hydrogen-bond donors (Lipinski definition) is 1. The van der Waals surface area contributed by atoms with Crippen molar-refractivity contribution in [3.05, 3.63) is 90.0 Å². The lowest BCUT2D eigenvalue weighted by Crippen LogP contribution is -2.45. The zero-order valence-corrected chi connectivity index (χ0v) is 21.6. The lowest BCUT2D eigenvalue weighted by Gasteiger charge is -2.31. The molecule has 0 bridgehead atoms. The standard InChI is InChI=1S/C28H30FN7O2/c1-19(2)11-16-31-28(38)26(21-12-14-30-15-13-21)36(24-6-4-5-20(3)17-24)25(37)18-35-33-27(32-34-35)22-7-9-23(29)10-8-22/h4-10,12-15,17,19,26H,11,16,18H2,1-3H3,(H,31,38)/t26-/m0/s1. The highest BCUT2D eigenvalue weighted by Crippen LogP contribution is 2.29. The molecule has 0 fully saturated rings. The van der Waals surface area contributed by atoms with Crippen molar-refractivity contribution >= 4 is 17.5 Å². The van der Waals surface area contributed by atoms with E-state index in [0.29, 0.717) is 29.3 Å². The number of halogens is 1. The maximum Gasteiger partial charge on any atom is 0.251 e. The molecule has 0 unspecified atom stereocenters. The number of rotatable bonds is 10. The minimum atomic E-state index is -0.945. The van der Waals surface area contributed by atoms with Crippen LogP contribution in [0.5, 0.6) is 0 Å². The van der Waals surface area contributed by atoms with Crippen molar-refractivity contribution < 1.29 is 14.0 Å². The molecule has 0 saturated carbocycles. The second-order valence-corrected chi connectivity index (χ2v) is 9.41. The zero-order valence-electron chi connectivity index (χ0n) is 21.6. The van der Waals surface area contributed by atoms with E-state index in [1.807, 2.05) is 25.1 Å². The largest absolute Gasteiger partial charge is 0.354 e. The molecule has 0 radical (unpaired) electrons. The van der Waals surface area contributed by atoms with Gasteiger partial charge in [0.1, 0.15) is 18.4 Å². The highest BCUT2D eigenvalue weighted by atomic mass is 19.1. The Morgan fingerprint density at radius 3 is 2.47 bits per heavy atom.